The quantitative estimate of drug-likeness (QED) is 0.210. The largest absolute Gasteiger partial charge is 0.396 e. The van der Waals surface area contributed by atoms with Crippen LogP contribution >= 0.6 is 0 Å². The second-order valence-electron chi connectivity index (χ2n) is 8.95. The summed E-state index contributed by atoms with van der Waals surface area (Å²) in [6, 6.07) is 0. The molecule has 0 aromatic rings. The molecule has 1 saturated heterocycles. The van der Waals surface area contributed by atoms with Gasteiger partial charge in [-0.1, -0.05) is 96.8 Å². The molecule has 0 aromatic carbocycles. The number of hydrogen-bond acceptors (Lipinski definition) is 3. The minimum absolute atomic E-state index is 0.317. The SMILES string of the molecule is CCCCCCCCCCCCCC[C@H]1CO[C@@H](COCCCCCCO)C1. The summed E-state index contributed by atoms with van der Waals surface area (Å²) >= 11 is 0. The van der Waals surface area contributed by atoms with E-state index in [1.807, 2.05) is 0 Å². The number of unbranched alkanes of at least 4 members (excludes halogenated alkanes) is 14. The van der Waals surface area contributed by atoms with Gasteiger partial charge < -0.3 is 14.6 Å². The van der Waals surface area contributed by atoms with Gasteiger partial charge in [-0.15, -0.1) is 0 Å². The van der Waals surface area contributed by atoms with E-state index in [9.17, 15) is 0 Å². The number of aliphatic hydroxyl groups is 1. The highest BCUT2D eigenvalue weighted by Crippen LogP contribution is 2.25. The van der Waals surface area contributed by atoms with Crippen LogP contribution in [0.25, 0.3) is 0 Å². The van der Waals surface area contributed by atoms with E-state index < -0.39 is 0 Å². The van der Waals surface area contributed by atoms with Crippen molar-refractivity contribution in [1.29, 1.82) is 0 Å². The van der Waals surface area contributed by atoms with Crippen molar-refractivity contribution >= 4 is 0 Å². The molecule has 1 rings (SSSR count). The molecule has 0 spiro atoms. The molecule has 1 aliphatic heterocycles. The van der Waals surface area contributed by atoms with E-state index in [1.54, 1.807) is 0 Å². The molecular weight excluding hydrogens is 348 g/mol. The predicted molar refractivity (Wildman–Crippen MR) is 120 cm³/mol. The molecule has 28 heavy (non-hydrogen) atoms. The zero-order valence-corrected chi connectivity index (χ0v) is 19.0. The number of hydrogen-bond donors (Lipinski definition) is 1. The lowest BCUT2D eigenvalue weighted by Crippen LogP contribution is -2.14. The Morgan fingerprint density at radius 1 is 0.750 bits per heavy atom. The van der Waals surface area contributed by atoms with E-state index in [0.29, 0.717) is 12.7 Å². The Kier molecular flexibility index (Phi) is 18.7. The van der Waals surface area contributed by atoms with Crippen LogP contribution in [0.15, 0.2) is 0 Å². The van der Waals surface area contributed by atoms with Gasteiger partial charge in [0.2, 0.25) is 0 Å². The molecule has 0 aliphatic carbocycles. The Bertz CT molecular complexity index is 308. The molecule has 0 aromatic heterocycles. The predicted octanol–water partition coefficient (Wildman–Crippen LogP) is 7.05. The maximum atomic E-state index is 8.76. The van der Waals surface area contributed by atoms with Crippen molar-refractivity contribution in [2.75, 3.05) is 26.4 Å². The zero-order chi connectivity index (χ0) is 20.1. The maximum Gasteiger partial charge on any atom is 0.0812 e. The monoisotopic (exact) mass is 398 g/mol. The summed E-state index contributed by atoms with van der Waals surface area (Å²) in [6.45, 7) is 5.17. The van der Waals surface area contributed by atoms with Crippen LogP contribution in [-0.2, 0) is 9.47 Å². The molecule has 2 atom stereocenters. The number of rotatable bonds is 21. The molecule has 0 bridgehead atoms. The van der Waals surface area contributed by atoms with Crippen molar-refractivity contribution in [3.63, 3.8) is 0 Å². The summed E-state index contributed by atoms with van der Waals surface area (Å²) in [4.78, 5) is 0. The average molecular weight is 399 g/mol. The summed E-state index contributed by atoms with van der Waals surface area (Å²) in [5.74, 6) is 0.765. The van der Waals surface area contributed by atoms with Gasteiger partial charge >= 0.3 is 0 Å². The lowest BCUT2D eigenvalue weighted by atomic mass is 9.97. The normalized spacial score (nSPS) is 19.5. The second kappa shape index (κ2) is 20.2. The van der Waals surface area contributed by atoms with E-state index in [0.717, 1.165) is 51.4 Å². The smallest absolute Gasteiger partial charge is 0.0812 e. The summed E-state index contributed by atoms with van der Waals surface area (Å²) in [5.41, 5.74) is 0. The summed E-state index contributed by atoms with van der Waals surface area (Å²) in [7, 11) is 0. The lowest BCUT2D eigenvalue weighted by molar-refractivity contribution is 0.0153. The van der Waals surface area contributed by atoms with Gasteiger partial charge in [-0.3, -0.25) is 0 Å². The Hall–Kier alpha value is -0.120. The van der Waals surface area contributed by atoms with E-state index in [1.165, 1.54) is 89.9 Å². The minimum atomic E-state index is 0.317. The van der Waals surface area contributed by atoms with Crippen LogP contribution in [-0.4, -0.2) is 37.6 Å². The highest BCUT2D eigenvalue weighted by molar-refractivity contribution is 4.73. The molecule has 1 fully saturated rings. The highest BCUT2D eigenvalue weighted by atomic mass is 16.5. The molecule has 168 valence electrons. The van der Waals surface area contributed by atoms with E-state index >= 15 is 0 Å². The van der Waals surface area contributed by atoms with Crippen LogP contribution in [0.4, 0.5) is 0 Å². The fourth-order valence-corrected chi connectivity index (χ4v) is 4.26. The van der Waals surface area contributed by atoms with Gasteiger partial charge in [0.15, 0.2) is 0 Å². The molecule has 1 aliphatic rings. The van der Waals surface area contributed by atoms with Crippen LogP contribution < -0.4 is 0 Å². The number of aliphatic hydroxyl groups excluding tert-OH is 1. The molecule has 0 unspecified atom stereocenters. The molecule has 1 heterocycles. The third kappa shape index (κ3) is 15.8. The van der Waals surface area contributed by atoms with Crippen molar-refractivity contribution < 1.29 is 14.6 Å². The summed E-state index contributed by atoms with van der Waals surface area (Å²) in [6.07, 6.45) is 24.3. The first-order chi connectivity index (χ1) is 13.9. The Labute approximate surface area is 176 Å². The Morgan fingerprint density at radius 3 is 1.96 bits per heavy atom. The fourth-order valence-electron chi connectivity index (χ4n) is 4.26. The fraction of sp³-hybridized carbons (Fsp3) is 1.00. The molecule has 3 heteroatoms. The molecule has 3 nitrogen and oxygen atoms in total. The van der Waals surface area contributed by atoms with Gasteiger partial charge in [-0.2, -0.15) is 0 Å². The Balaban J connectivity index is 1.79. The Morgan fingerprint density at radius 2 is 1.32 bits per heavy atom. The van der Waals surface area contributed by atoms with Crippen molar-refractivity contribution in [2.45, 2.75) is 129 Å². The second-order valence-corrected chi connectivity index (χ2v) is 8.95. The van der Waals surface area contributed by atoms with Gasteiger partial charge in [-0.25, -0.2) is 0 Å². The molecule has 0 saturated carbocycles. The first-order valence-electron chi connectivity index (χ1n) is 12.7. The topological polar surface area (TPSA) is 38.7 Å². The van der Waals surface area contributed by atoms with Crippen LogP contribution in [0.2, 0.25) is 0 Å². The van der Waals surface area contributed by atoms with Crippen LogP contribution in [0, 0.1) is 5.92 Å². The van der Waals surface area contributed by atoms with Gasteiger partial charge in [-0.05, 0) is 31.6 Å². The highest BCUT2D eigenvalue weighted by Gasteiger charge is 2.24. The van der Waals surface area contributed by atoms with Gasteiger partial charge in [0.05, 0.1) is 12.7 Å². The van der Waals surface area contributed by atoms with Crippen LogP contribution in [0.1, 0.15) is 122 Å². The van der Waals surface area contributed by atoms with E-state index in [2.05, 4.69) is 6.92 Å². The first-order valence-corrected chi connectivity index (χ1v) is 12.7. The average Bonchev–Trinajstić information content (AvgIpc) is 3.16. The molecule has 0 amide bonds. The molecule has 1 N–H and O–H groups in total. The first kappa shape index (κ1) is 25.9. The molecular formula is C25H50O3. The zero-order valence-electron chi connectivity index (χ0n) is 19.0. The lowest BCUT2D eigenvalue weighted by Gasteiger charge is -2.10. The van der Waals surface area contributed by atoms with Crippen molar-refractivity contribution in [1.82, 2.24) is 0 Å². The third-order valence-electron chi connectivity index (χ3n) is 6.13. The van der Waals surface area contributed by atoms with Crippen LogP contribution in [0.5, 0.6) is 0 Å². The van der Waals surface area contributed by atoms with Gasteiger partial charge in [0.1, 0.15) is 0 Å². The van der Waals surface area contributed by atoms with Crippen LogP contribution in [0.3, 0.4) is 0 Å². The maximum absolute atomic E-state index is 8.76. The van der Waals surface area contributed by atoms with E-state index in [4.69, 9.17) is 14.6 Å². The minimum Gasteiger partial charge on any atom is -0.396 e. The van der Waals surface area contributed by atoms with Gasteiger partial charge in [0.25, 0.3) is 0 Å². The third-order valence-corrected chi connectivity index (χ3v) is 6.13. The van der Waals surface area contributed by atoms with Crippen molar-refractivity contribution in [2.24, 2.45) is 5.92 Å². The van der Waals surface area contributed by atoms with Crippen molar-refractivity contribution in [3.05, 3.63) is 0 Å². The summed E-state index contributed by atoms with van der Waals surface area (Å²) in [5, 5.41) is 8.76. The molecule has 0 radical (unpaired) electrons. The summed E-state index contributed by atoms with van der Waals surface area (Å²) < 4.78 is 11.7. The number of ether oxygens (including phenoxy) is 2. The van der Waals surface area contributed by atoms with E-state index in [-0.39, 0.29) is 0 Å². The standard InChI is InChI=1S/C25H50O3/c1-2-3-4-5-6-7-8-9-10-11-12-15-18-24-21-25(28-22-24)23-27-20-17-14-13-16-19-26/h24-26H,2-23H2,1H3/t24-,25-/m1/s1. The van der Waals surface area contributed by atoms with Crippen molar-refractivity contribution in [3.8, 4) is 0 Å². The van der Waals surface area contributed by atoms with Gasteiger partial charge in [0, 0.05) is 19.8 Å².